The van der Waals surface area contributed by atoms with Gasteiger partial charge in [0.1, 0.15) is 17.2 Å². The van der Waals surface area contributed by atoms with Gasteiger partial charge in [-0.1, -0.05) is 48.5 Å². The van der Waals surface area contributed by atoms with E-state index in [1.807, 2.05) is 60.7 Å². The van der Waals surface area contributed by atoms with Gasteiger partial charge in [-0.2, -0.15) is 0 Å². The van der Waals surface area contributed by atoms with Crippen LogP contribution in [0.2, 0.25) is 0 Å². The molecule has 210 valence electrons. The fraction of sp³-hybridized carbons (Fsp3) is 0.242. The summed E-state index contributed by atoms with van der Waals surface area (Å²) in [6.07, 6.45) is 4.15. The van der Waals surface area contributed by atoms with Crippen molar-refractivity contribution in [3.05, 3.63) is 120 Å². The number of benzene rings is 3. The molecule has 0 spiro atoms. The molecule has 0 saturated heterocycles. The zero-order valence-electron chi connectivity index (χ0n) is 23.0. The van der Waals surface area contributed by atoms with E-state index in [4.69, 9.17) is 0 Å². The Morgan fingerprint density at radius 3 is 2.32 bits per heavy atom. The van der Waals surface area contributed by atoms with Gasteiger partial charge in [0.25, 0.3) is 5.91 Å². The molecule has 41 heavy (non-hydrogen) atoms. The number of fused-ring (bicyclic) bond motifs is 1. The summed E-state index contributed by atoms with van der Waals surface area (Å²) in [7, 11) is 0. The van der Waals surface area contributed by atoms with Crippen molar-refractivity contribution in [3.63, 3.8) is 0 Å². The van der Waals surface area contributed by atoms with Crippen LogP contribution in [0.3, 0.4) is 0 Å². The fourth-order valence-corrected chi connectivity index (χ4v) is 5.28. The Balaban J connectivity index is 1.57. The maximum absolute atomic E-state index is 14.8. The SMILES string of the molecule is CC(=O)N1CCCN(Cc2ccccc2)CCN(C(=O)c2c(F)cccc2F)Cc2cc(-c3cccnc3)ccc21. The van der Waals surface area contributed by atoms with Crippen molar-refractivity contribution < 1.29 is 18.4 Å². The highest BCUT2D eigenvalue weighted by Crippen LogP contribution is 2.30. The molecule has 5 rings (SSSR count). The van der Waals surface area contributed by atoms with Crippen LogP contribution in [0.4, 0.5) is 14.5 Å². The van der Waals surface area contributed by atoms with Crippen molar-refractivity contribution >= 4 is 17.5 Å². The maximum Gasteiger partial charge on any atom is 0.260 e. The summed E-state index contributed by atoms with van der Waals surface area (Å²) in [6, 6.07) is 22.9. The van der Waals surface area contributed by atoms with Gasteiger partial charge < -0.3 is 9.80 Å². The molecule has 8 heteroatoms. The van der Waals surface area contributed by atoms with E-state index in [-0.39, 0.29) is 19.0 Å². The van der Waals surface area contributed by atoms with Crippen molar-refractivity contribution in [2.75, 3.05) is 31.1 Å². The Kier molecular flexibility index (Phi) is 8.79. The van der Waals surface area contributed by atoms with Crippen molar-refractivity contribution in [1.29, 1.82) is 0 Å². The number of anilines is 1. The van der Waals surface area contributed by atoms with Gasteiger partial charge >= 0.3 is 0 Å². The van der Waals surface area contributed by atoms with E-state index in [0.29, 0.717) is 43.9 Å². The molecule has 1 aliphatic rings. The van der Waals surface area contributed by atoms with Gasteiger partial charge in [0, 0.05) is 64.3 Å². The van der Waals surface area contributed by atoms with E-state index in [2.05, 4.69) is 9.88 Å². The van der Waals surface area contributed by atoms with E-state index in [1.54, 1.807) is 17.3 Å². The normalized spacial score (nSPS) is 14.7. The van der Waals surface area contributed by atoms with Crippen LogP contribution in [-0.2, 0) is 17.9 Å². The summed E-state index contributed by atoms with van der Waals surface area (Å²) in [4.78, 5) is 36.3. The second-order valence-corrected chi connectivity index (χ2v) is 10.2. The fourth-order valence-electron chi connectivity index (χ4n) is 5.28. The molecule has 0 saturated carbocycles. The minimum Gasteiger partial charge on any atom is -0.333 e. The molecule has 0 aliphatic carbocycles. The molecule has 0 bridgehead atoms. The molecule has 0 radical (unpaired) electrons. The first kappa shape index (κ1) is 28.1. The smallest absolute Gasteiger partial charge is 0.260 e. The molecule has 3 aromatic carbocycles. The number of carbonyl (C=O) groups excluding carboxylic acids is 2. The number of carbonyl (C=O) groups is 2. The third kappa shape index (κ3) is 6.66. The van der Waals surface area contributed by atoms with Crippen molar-refractivity contribution in [3.8, 4) is 11.1 Å². The van der Waals surface area contributed by atoms with E-state index < -0.39 is 23.1 Å². The molecular formula is C33H32F2N4O2. The van der Waals surface area contributed by atoms with Crippen LogP contribution < -0.4 is 4.90 Å². The molecule has 0 N–H and O–H groups in total. The first-order valence-electron chi connectivity index (χ1n) is 13.7. The average molecular weight is 555 g/mol. The lowest BCUT2D eigenvalue weighted by molar-refractivity contribution is -0.116. The quantitative estimate of drug-likeness (QED) is 0.314. The van der Waals surface area contributed by atoms with Crippen LogP contribution in [0.5, 0.6) is 0 Å². The third-order valence-electron chi connectivity index (χ3n) is 7.36. The molecule has 2 heterocycles. The van der Waals surface area contributed by atoms with Gasteiger partial charge in [0.2, 0.25) is 5.91 Å². The number of amides is 2. The number of halogens is 2. The zero-order chi connectivity index (χ0) is 28.8. The molecule has 2 amide bonds. The van der Waals surface area contributed by atoms with Gasteiger partial charge in [0.15, 0.2) is 0 Å². The van der Waals surface area contributed by atoms with Crippen molar-refractivity contribution in [1.82, 2.24) is 14.8 Å². The minimum atomic E-state index is -0.903. The Hall–Kier alpha value is -4.43. The molecule has 1 aliphatic heterocycles. The second kappa shape index (κ2) is 12.8. The van der Waals surface area contributed by atoms with Gasteiger partial charge in [-0.05, 0) is 59.0 Å². The first-order chi connectivity index (χ1) is 19.9. The van der Waals surface area contributed by atoms with E-state index >= 15 is 0 Å². The first-order valence-corrected chi connectivity index (χ1v) is 13.7. The Morgan fingerprint density at radius 2 is 1.61 bits per heavy atom. The summed E-state index contributed by atoms with van der Waals surface area (Å²) < 4.78 is 29.6. The monoisotopic (exact) mass is 554 g/mol. The van der Waals surface area contributed by atoms with Crippen LogP contribution in [-0.4, -0.2) is 52.8 Å². The number of pyridine rings is 1. The zero-order valence-corrected chi connectivity index (χ0v) is 23.0. The number of hydrogen-bond donors (Lipinski definition) is 0. The lowest BCUT2D eigenvalue weighted by Crippen LogP contribution is -2.39. The summed E-state index contributed by atoms with van der Waals surface area (Å²) >= 11 is 0. The van der Waals surface area contributed by atoms with Gasteiger partial charge in [-0.25, -0.2) is 8.78 Å². The average Bonchev–Trinajstić information content (AvgIpc) is 3.01. The van der Waals surface area contributed by atoms with Crippen LogP contribution in [0.15, 0.2) is 91.3 Å². The van der Waals surface area contributed by atoms with Crippen LogP contribution >= 0.6 is 0 Å². The summed E-state index contributed by atoms with van der Waals surface area (Å²) in [5.41, 5.74) is 3.67. The van der Waals surface area contributed by atoms with Crippen molar-refractivity contribution in [2.45, 2.75) is 26.4 Å². The van der Waals surface area contributed by atoms with Crippen LogP contribution in [0.1, 0.15) is 34.8 Å². The topological polar surface area (TPSA) is 56.8 Å². The highest BCUT2D eigenvalue weighted by Gasteiger charge is 2.27. The Labute approximate surface area is 238 Å². The Bertz CT molecular complexity index is 1490. The van der Waals surface area contributed by atoms with Gasteiger partial charge in [0.05, 0.1) is 0 Å². The molecule has 1 aromatic heterocycles. The second-order valence-electron chi connectivity index (χ2n) is 10.2. The molecule has 4 aromatic rings. The number of aromatic nitrogens is 1. The maximum atomic E-state index is 14.8. The third-order valence-corrected chi connectivity index (χ3v) is 7.36. The predicted molar refractivity (Wildman–Crippen MR) is 155 cm³/mol. The number of nitrogens with zero attached hydrogens (tertiary/aromatic N) is 4. The standard InChI is InChI=1S/C33H32F2N4O2/c1-24(40)39-17-7-16-37(22-25-8-3-2-4-9-25)18-19-38(33(41)32-29(34)11-5-12-30(32)35)23-28-20-26(13-14-31(28)39)27-10-6-15-36-21-27/h2-6,8-15,20-21H,7,16-19,22-23H2,1H3. The molecule has 0 atom stereocenters. The lowest BCUT2D eigenvalue weighted by atomic mass is 10.0. The van der Waals surface area contributed by atoms with Gasteiger partial charge in [-0.15, -0.1) is 0 Å². The Morgan fingerprint density at radius 1 is 0.829 bits per heavy atom. The van der Waals surface area contributed by atoms with Crippen molar-refractivity contribution in [2.24, 2.45) is 0 Å². The lowest BCUT2D eigenvalue weighted by Gasteiger charge is -2.28. The van der Waals surface area contributed by atoms with E-state index in [9.17, 15) is 18.4 Å². The van der Waals surface area contributed by atoms with Crippen LogP contribution in [0, 0.1) is 11.6 Å². The number of hydrogen-bond acceptors (Lipinski definition) is 4. The minimum absolute atomic E-state index is 0.0685. The predicted octanol–water partition coefficient (Wildman–Crippen LogP) is 5.93. The highest BCUT2D eigenvalue weighted by molar-refractivity contribution is 5.95. The number of rotatable bonds is 4. The molecule has 0 unspecified atom stereocenters. The van der Waals surface area contributed by atoms with E-state index in [0.717, 1.165) is 28.8 Å². The molecule has 0 fully saturated rings. The molecular weight excluding hydrogens is 522 g/mol. The summed E-state index contributed by atoms with van der Waals surface area (Å²) in [5, 5.41) is 0. The van der Waals surface area contributed by atoms with Crippen LogP contribution in [0.25, 0.3) is 11.1 Å². The van der Waals surface area contributed by atoms with Gasteiger partial charge in [-0.3, -0.25) is 19.5 Å². The summed E-state index contributed by atoms with van der Waals surface area (Å²) in [5.74, 6) is -2.65. The molecule has 6 nitrogen and oxygen atoms in total. The summed E-state index contributed by atoms with van der Waals surface area (Å²) in [6.45, 7) is 4.16. The largest absolute Gasteiger partial charge is 0.333 e. The van der Waals surface area contributed by atoms with E-state index in [1.165, 1.54) is 17.9 Å². The highest BCUT2D eigenvalue weighted by atomic mass is 19.1.